The van der Waals surface area contributed by atoms with Crippen molar-refractivity contribution >= 4 is 5.97 Å². The van der Waals surface area contributed by atoms with E-state index in [-0.39, 0.29) is 12.6 Å². The number of ether oxygens (including phenoxy) is 2. The van der Waals surface area contributed by atoms with Gasteiger partial charge < -0.3 is 15.2 Å². The van der Waals surface area contributed by atoms with Crippen molar-refractivity contribution in [3.8, 4) is 5.75 Å². The fourth-order valence-electron chi connectivity index (χ4n) is 1.72. The van der Waals surface area contributed by atoms with Crippen molar-refractivity contribution in [3.63, 3.8) is 0 Å². The number of esters is 1. The van der Waals surface area contributed by atoms with Gasteiger partial charge in [0.25, 0.3) is 0 Å². The number of carbonyl (C=O) groups is 1. The van der Waals surface area contributed by atoms with E-state index in [0.29, 0.717) is 18.7 Å². The van der Waals surface area contributed by atoms with Gasteiger partial charge >= 0.3 is 5.97 Å². The van der Waals surface area contributed by atoms with Gasteiger partial charge in [-0.3, -0.25) is 0 Å². The molecule has 0 aliphatic rings. The Hall–Kier alpha value is -2.33. The van der Waals surface area contributed by atoms with Crippen molar-refractivity contribution in [2.24, 2.45) is 5.73 Å². The van der Waals surface area contributed by atoms with E-state index in [9.17, 15) is 4.79 Å². The third-order valence-electron chi connectivity index (χ3n) is 2.73. The minimum absolute atomic E-state index is 0.209. The van der Waals surface area contributed by atoms with Crippen LogP contribution in [0.1, 0.15) is 15.9 Å². The summed E-state index contributed by atoms with van der Waals surface area (Å²) in [6, 6.07) is 16.5. The number of carbonyl (C=O) groups excluding carboxylic acids is 1. The lowest BCUT2D eigenvalue weighted by Crippen LogP contribution is -2.12. The molecule has 2 aromatic carbocycles. The quantitative estimate of drug-likeness (QED) is 0.647. The Kier molecular flexibility index (Phi) is 5.15. The van der Waals surface area contributed by atoms with Crippen LogP contribution in [0, 0.1) is 0 Å². The second-order valence-electron chi connectivity index (χ2n) is 4.20. The summed E-state index contributed by atoms with van der Waals surface area (Å²) in [5, 5.41) is 0. The molecule has 0 bridgehead atoms. The molecule has 2 N–H and O–H groups in total. The normalized spacial score (nSPS) is 10.1. The van der Waals surface area contributed by atoms with Gasteiger partial charge in [-0.25, -0.2) is 4.79 Å². The molecule has 0 aliphatic carbocycles. The van der Waals surface area contributed by atoms with Gasteiger partial charge in [0.05, 0.1) is 5.56 Å². The largest absolute Gasteiger partial charge is 0.490 e. The molecule has 0 aromatic heterocycles. The maximum Gasteiger partial charge on any atom is 0.338 e. The van der Waals surface area contributed by atoms with Gasteiger partial charge in [-0.15, -0.1) is 0 Å². The fraction of sp³-hybridized carbons (Fsp3) is 0.188. The number of para-hydroxylation sites is 1. The third kappa shape index (κ3) is 4.10. The van der Waals surface area contributed by atoms with E-state index in [1.165, 1.54) is 0 Å². The second-order valence-corrected chi connectivity index (χ2v) is 4.20. The number of hydrogen-bond acceptors (Lipinski definition) is 4. The topological polar surface area (TPSA) is 61.6 Å². The molecule has 20 heavy (non-hydrogen) atoms. The predicted molar refractivity (Wildman–Crippen MR) is 76.6 cm³/mol. The predicted octanol–water partition coefficient (Wildman–Crippen LogP) is 2.38. The van der Waals surface area contributed by atoms with Crippen LogP contribution in [-0.4, -0.2) is 19.2 Å². The minimum Gasteiger partial charge on any atom is -0.490 e. The van der Waals surface area contributed by atoms with Crippen molar-refractivity contribution in [2.75, 3.05) is 13.2 Å². The molecule has 0 fully saturated rings. The van der Waals surface area contributed by atoms with Crippen LogP contribution < -0.4 is 10.5 Å². The molecule has 0 saturated carbocycles. The molecule has 0 unspecified atom stereocenters. The molecule has 0 aliphatic heterocycles. The summed E-state index contributed by atoms with van der Waals surface area (Å²) in [5.41, 5.74) is 6.94. The molecule has 0 radical (unpaired) electrons. The van der Waals surface area contributed by atoms with Crippen LogP contribution >= 0.6 is 0 Å². The van der Waals surface area contributed by atoms with Crippen LogP contribution in [0.15, 0.2) is 54.6 Å². The molecule has 0 saturated heterocycles. The Bertz CT molecular complexity index is 555. The summed E-state index contributed by atoms with van der Waals surface area (Å²) in [5.74, 6) is 0.394. The highest BCUT2D eigenvalue weighted by Crippen LogP contribution is 2.09. The van der Waals surface area contributed by atoms with Gasteiger partial charge in [0.2, 0.25) is 0 Å². The van der Waals surface area contributed by atoms with Crippen LogP contribution in [0.25, 0.3) is 0 Å². The van der Waals surface area contributed by atoms with Crippen LogP contribution in [0.3, 0.4) is 0 Å². The van der Waals surface area contributed by atoms with Crippen LogP contribution in [0.4, 0.5) is 0 Å². The van der Waals surface area contributed by atoms with E-state index in [1.54, 1.807) is 18.2 Å². The number of nitrogens with two attached hydrogens (primary N) is 1. The molecule has 0 heterocycles. The maximum atomic E-state index is 11.8. The van der Waals surface area contributed by atoms with Gasteiger partial charge in [0.15, 0.2) is 0 Å². The van der Waals surface area contributed by atoms with E-state index < -0.39 is 0 Å². The summed E-state index contributed by atoms with van der Waals surface area (Å²) >= 11 is 0. The van der Waals surface area contributed by atoms with Gasteiger partial charge in [0.1, 0.15) is 19.0 Å². The number of benzene rings is 2. The highest BCUT2D eigenvalue weighted by Gasteiger charge is 2.07. The lowest BCUT2D eigenvalue weighted by Gasteiger charge is -2.07. The maximum absolute atomic E-state index is 11.8. The first kappa shape index (κ1) is 14.1. The Morgan fingerprint density at radius 1 is 1.00 bits per heavy atom. The highest BCUT2D eigenvalue weighted by atomic mass is 16.6. The molecule has 0 spiro atoms. The fourth-order valence-corrected chi connectivity index (χ4v) is 1.72. The van der Waals surface area contributed by atoms with Crippen LogP contribution in [-0.2, 0) is 11.3 Å². The van der Waals surface area contributed by atoms with E-state index in [2.05, 4.69) is 0 Å². The summed E-state index contributed by atoms with van der Waals surface area (Å²) in [7, 11) is 0. The van der Waals surface area contributed by atoms with Crippen molar-refractivity contribution in [1.29, 1.82) is 0 Å². The lowest BCUT2D eigenvalue weighted by atomic mass is 10.1. The van der Waals surface area contributed by atoms with Gasteiger partial charge in [-0.1, -0.05) is 30.3 Å². The van der Waals surface area contributed by atoms with E-state index in [4.69, 9.17) is 15.2 Å². The lowest BCUT2D eigenvalue weighted by molar-refractivity contribution is 0.0450. The molecule has 104 valence electrons. The van der Waals surface area contributed by atoms with E-state index in [1.807, 2.05) is 36.4 Å². The smallest absolute Gasteiger partial charge is 0.338 e. The van der Waals surface area contributed by atoms with Crippen molar-refractivity contribution in [1.82, 2.24) is 0 Å². The van der Waals surface area contributed by atoms with Crippen LogP contribution in [0.2, 0.25) is 0 Å². The zero-order valence-electron chi connectivity index (χ0n) is 11.1. The molecular weight excluding hydrogens is 254 g/mol. The Morgan fingerprint density at radius 2 is 1.80 bits per heavy atom. The third-order valence-corrected chi connectivity index (χ3v) is 2.73. The zero-order valence-corrected chi connectivity index (χ0v) is 11.1. The van der Waals surface area contributed by atoms with Gasteiger partial charge in [0, 0.05) is 6.54 Å². The second kappa shape index (κ2) is 7.31. The monoisotopic (exact) mass is 271 g/mol. The average molecular weight is 271 g/mol. The molecule has 0 amide bonds. The van der Waals surface area contributed by atoms with Crippen molar-refractivity contribution in [2.45, 2.75) is 6.54 Å². The molecule has 2 aromatic rings. The average Bonchev–Trinajstić information content (AvgIpc) is 2.52. The first-order chi connectivity index (χ1) is 9.79. The van der Waals surface area contributed by atoms with Gasteiger partial charge in [-0.2, -0.15) is 0 Å². The SMILES string of the molecule is NCc1cccc(C(=O)OCCOc2ccccc2)c1. The van der Waals surface area contributed by atoms with E-state index in [0.717, 1.165) is 11.3 Å². The number of hydrogen-bond donors (Lipinski definition) is 1. The Labute approximate surface area is 118 Å². The highest BCUT2D eigenvalue weighted by molar-refractivity contribution is 5.89. The minimum atomic E-state index is -0.364. The summed E-state index contributed by atoms with van der Waals surface area (Å²) < 4.78 is 10.6. The van der Waals surface area contributed by atoms with Crippen molar-refractivity contribution < 1.29 is 14.3 Å². The molecular formula is C16H17NO3. The summed E-state index contributed by atoms with van der Waals surface area (Å²) in [6.45, 7) is 0.936. The summed E-state index contributed by atoms with van der Waals surface area (Å²) in [6.07, 6.45) is 0. The van der Waals surface area contributed by atoms with Crippen LogP contribution in [0.5, 0.6) is 5.75 Å². The van der Waals surface area contributed by atoms with Gasteiger partial charge in [-0.05, 0) is 29.8 Å². The first-order valence-electron chi connectivity index (χ1n) is 6.43. The van der Waals surface area contributed by atoms with E-state index >= 15 is 0 Å². The van der Waals surface area contributed by atoms with Crippen molar-refractivity contribution in [3.05, 3.63) is 65.7 Å². The standard InChI is InChI=1S/C16H17NO3/c17-12-13-5-4-6-14(11-13)16(18)20-10-9-19-15-7-2-1-3-8-15/h1-8,11H,9-10,12,17H2. The first-order valence-corrected chi connectivity index (χ1v) is 6.43. The molecule has 4 heteroatoms. The molecule has 2 rings (SSSR count). The Morgan fingerprint density at radius 3 is 2.55 bits per heavy atom. The Balaban J connectivity index is 1.77. The zero-order chi connectivity index (χ0) is 14.2. The molecule has 0 atom stereocenters. The molecule has 4 nitrogen and oxygen atoms in total. The summed E-state index contributed by atoms with van der Waals surface area (Å²) in [4.78, 5) is 11.8. The number of rotatable bonds is 6.